The number of amides is 1. The van der Waals surface area contributed by atoms with Crippen LogP contribution in [0.15, 0.2) is 76.0 Å². The van der Waals surface area contributed by atoms with Gasteiger partial charge in [-0.25, -0.2) is 9.78 Å². The van der Waals surface area contributed by atoms with E-state index in [1.807, 2.05) is 6.07 Å². The summed E-state index contributed by atoms with van der Waals surface area (Å²) < 4.78 is 17.0. The predicted octanol–water partition coefficient (Wildman–Crippen LogP) is 2.97. The van der Waals surface area contributed by atoms with E-state index >= 15 is 0 Å². The van der Waals surface area contributed by atoms with Crippen LogP contribution in [0.3, 0.4) is 0 Å². The van der Waals surface area contributed by atoms with Crippen LogP contribution in [0, 0.1) is 6.92 Å². The molecule has 9 nitrogen and oxygen atoms in total. The van der Waals surface area contributed by atoms with E-state index in [9.17, 15) is 14.4 Å². The number of hydrogen-bond acceptors (Lipinski definition) is 7. The van der Waals surface area contributed by atoms with Crippen LogP contribution in [0.25, 0.3) is 5.65 Å². The molecule has 2 heterocycles. The molecule has 2 aromatic carbocycles. The van der Waals surface area contributed by atoms with Crippen molar-refractivity contribution in [2.24, 2.45) is 0 Å². The first-order valence-corrected chi connectivity index (χ1v) is 9.73. The lowest BCUT2D eigenvalue weighted by molar-refractivity contribution is -0.118. The second-order valence-corrected chi connectivity index (χ2v) is 6.86. The molecule has 0 spiro atoms. The number of nitrogens with one attached hydrogen (secondary N) is 1. The van der Waals surface area contributed by atoms with E-state index in [-0.39, 0.29) is 30.2 Å². The minimum absolute atomic E-state index is 0.164. The van der Waals surface area contributed by atoms with Gasteiger partial charge in [-0.3, -0.25) is 9.59 Å². The zero-order valence-corrected chi connectivity index (χ0v) is 17.1. The lowest BCUT2D eigenvalue weighted by Crippen LogP contribution is -2.22. The monoisotopic (exact) mass is 433 g/mol. The molecule has 0 saturated carbocycles. The Kier molecular flexibility index (Phi) is 5.98. The molecular weight excluding hydrogens is 414 g/mol. The Morgan fingerprint density at radius 3 is 2.62 bits per heavy atom. The summed E-state index contributed by atoms with van der Waals surface area (Å²) in [5.74, 6) is -0.00647. The molecule has 2 aromatic heterocycles. The number of carbonyl (C=O) groups excluding carboxylic acids is 2. The molecule has 162 valence electrons. The molecule has 0 atom stereocenters. The topological polar surface area (TPSA) is 112 Å². The first-order valence-electron chi connectivity index (χ1n) is 9.73. The van der Waals surface area contributed by atoms with E-state index in [0.29, 0.717) is 17.2 Å². The third-order valence-electron chi connectivity index (χ3n) is 4.41. The molecule has 0 aliphatic rings. The van der Waals surface area contributed by atoms with E-state index < -0.39 is 17.4 Å². The summed E-state index contributed by atoms with van der Waals surface area (Å²) in [6.45, 7) is 1.27. The van der Waals surface area contributed by atoms with E-state index in [1.54, 1.807) is 55.5 Å². The Labute approximate surface area is 182 Å². The van der Waals surface area contributed by atoms with Crippen molar-refractivity contribution >= 4 is 23.2 Å². The second-order valence-electron chi connectivity index (χ2n) is 6.86. The number of nitrogens with zero attached hydrogens (tertiary/aromatic N) is 2. The fourth-order valence-electron chi connectivity index (χ4n) is 2.99. The summed E-state index contributed by atoms with van der Waals surface area (Å²) in [4.78, 5) is 41.2. The maximum Gasteiger partial charge on any atom is 0.340 e. The lowest BCUT2D eigenvalue weighted by atomic mass is 10.2. The first kappa shape index (κ1) is 20.9. The average molecular weight is 433 g/mol. The van der Waals surface area contributed by atoms with Crippen LogP contribution in [0.2, 0.25) is 0 Å². The number of para-hydroxylation sites is 2. The molecule has 0 aliphatic heterocycles. The van der Waals surface area contributed by atoms with E-state index in [0.717, 1.165) is 4.57 Å². The van der Waals surface area contributed by atoms with Crippen molar-refractivity contribution in [2.45, 2.75) is 13.5 Å². The van der Waals surface area contributed by atoms with Crippen LogP contribution in [-0.4, -0.2) is 28.0 Å². The number of aromatic nitrogens is 2. The highest BCUT2D eigenvalue weighted by atomic mass is 16.5. The maximum absolute atomic E-state index is 12.6. The van der Waals surface area contributed by atoms with E-state index in [4.69, 9.17) is 14.0 Å². The molecule has 9 heteroatoms. The van der Waals surface area contributed by atoms with E-state index in [2.05, 4.69) is 10.3 Å². The van der Waals surface area contributed by atoms with Gasteiger partial charge in [0.2, 0.25) is 0 Å². The summed E-state index contributed by atoms with van der Waals surface area (Å²) in [6, 6.07) is 18.2. The lowest BCUT2D eigenvalue weighted by Gasteiger charge is -2.11. The van der Waals surface area contributed by atoms with E-state index in [1.165, 1.54) is 12.1 Å². The summed E-state index contributed by atoms with van der Waals surface area (Å²) in [7, 11) is 0. The van der Waals surface area contributed by atoms with Crippen LogP contribution < -0.4 is 15.6 Å². The molecule has 4 aromatic rings. The van der Waals surface area contributed by atoms with Crippen LogP contribution in [0.5, 0.6) is 5.75 Å². The normalized spacial score (nSPS) is 10.7. The zero-order chi connectivity index (χ0) is 22.5. The largest absolute Gasteiger partial charge is 0.484 e. The minimum atomic E-state index is -0.671. The van der Waals surface area contributed by atoms with Crippen molar-refractivity contribution < 1.29 is 23.6 Å². The summed E-state index contributed by atoms with van der Waals surface area (Å²) >= 11 is 0. The molecule has 0 aliphatic carbocycles. The van der Waals surface area contributed by atoms with Crippen LogP contribution in [-0.2, 0) is 16.1 Å². The maximum atomic E-state index is 12.6. The van der Waals surface area contributed by atoms with Crippen molar-refractivity contribution in [3.05, 3.63) is 94.1 Å². The molecule has 4 rings (SSSR count). The highest BCUT2D eigenvalue weighted by Gasteiger charge is 2.16. The number of anilines is 1. The van der Waals surface area contributed by atoms with Crippen molar-refractivity contribution in [1.29, 1.82) is 0 Å². The van der Waals surface area contributed by atoms with Crippen molar-refractivity contribution in [3.8, 4) is 5.75 Å². The van der Waals surface area contributed by atoms with Gasteiger partial charge in [-0.15, -0.1) is 4.57 Å². The summed E-state index contributed by atoms with van der Waals surface area (Å²) in [6.07, 6.45) is 0. The average Bonchev–Trinajstić information content (AvgIpc) is 3.18. The predicted molar refractivity (Wildman–Crippen MR) is 115 cm³/mol. The van der Waals surface area contributed by atoms with Crippen molar-refractivity contribution in [1.82, 2.24) is 9.56 Å². The Balaban J connectivity index is 1.41. The van der Waals surface area contributed by atoms with Gasteiger partial charge in [-0.05, 0) is 31.2 Å². The number of fused-ring (bicyclic) bond motifs is 1. The van der Waals surface area contributed by atoms with Gasteiger partial charge in [0, 0.05) is 12.1 Å². The van der Waals surface area contributed by atoms with Gasteiger partial charge in [0.15, 0.2) is 12.3 Å². The van der Waals surface area contributed by atoms with Crippen molar-refractivity contribution in [3.63, 3.8) is 0 Å². The van der Waals surface area contributed by atoms with Gasteiger partial charge in [0.1, 0.15) is 18.1 Å². The number of aryl methyl sites for hydroxylation is 1. The van der Waals surface area contributed by atoms with Gasteiger partial charge >= 0.3 is 5.97 Å². The molecule has 0 saturated heterocycles. The number of esters is 1. The number of ether oxygens (including phenoxy) is 2. The molecule has 0 unspecified atom stereocenters. The molecule has 32 heavy (non-hydrogen) atoms. The standard InChI is InChI=1S/C23H19N3O6/c1-15-11-20-24-16(12-22(28)26(20)32-15)13-31-23(29)18-9-5-6-10-19(18)25-21(27)14-30-17-7-3-2-4-8-17/h2-12H,13-14H2,1H3,(H,25,27). The Hall–Kier alpha value is -4.40. The Morgan fingerprint density at radius 2 is 1.81 bits per heavy atom. The van der Waals surface area contributed by atoms with Gasteiger partial charge in [-0.1, -0.05) is 30.3 Å². The molecule has 1 N–H and O–H groups in total. The molecular formula is C23H19N3O6. The quantitative estimate of drug-likeness (QED) is 0.446. The van der Waals surface area contributed by atoms with Crippen LogP contribution >= 0.6 is 0 Å². The summed E-state index contributed by atoms with van der Waals surface area (Å²) in [5.41, 5.74) is 0.639. The highest BCUT2D eigenvalue weighted by molar-refractivity contribution is 6.01. The smallest absolute Gasteiger partial charge is 0.340 e. The SMILES string of the molecule is Cc1cc2nc(COC(=O)c3ccccc3NC(=O)COc3ccccc3)cc(=O)n2o1. The number of rotatable bonds is 7. The Bertz CT molecular complexity index is 1330. The van der Waals surface area contributed by atoms with Gasteiger partial charge < -0.3 is 19.3 Å². The molecule has 0 radical (unpaired) electrons. The molecule has 0 bridgehead atoms. The van der Waals surface area contributed by atoms with Crippen LogP contribution in [0.1, 0.15) is 21.8 Å². The third kappa shape index (κ3) is 4.84. The Morgan fingerprint density at radius 1 is 1.06 bits per heavy atom. The number of benzene rings is 2. The summed E-state index contributed by atoms with van der Waals surface area (Å²) in [5, 5.41) is 2.65. The van der Waals surface area contributed by atoms with Gasteiger partial charge in [0.25, 0.3) is 11.5 Å². The van der Waals surface area contributed by atoms with Gasteiger partial charge in [-0.2, -0.15) is 0 Å². The fraction of sp³-hybridized carbons (Fsp3) is 0.130. The molecule has 1 amide bonds. The van der Waals surface area contributed by atoms with Crippen molar-refractivity contribution in [2.75, 3.05) is 11.9 Å². The second kappa shape index (κ2) is 9.17. The van der Waals surface area contributed by atoms with Crippen LogP contribution in [0.4, 0.5) is 5.69 Å². The molecule has 0 fully saturated rings. The first-order chi connectivity index (χ1) is 15.5. The third-order valence-corrected chi connectivity index (χ3v) is 4.41. The fourth-order valence-corrected chi connectivity index (χ4v) is 2.99. The number of hydrogen-bond donors (Lipinski definition) is 1. The van der Waals surface area contributed by atoms with Gasteiger partial charge in [0.05, 0.1) is 16.9 Å². The minimum Gasteiger partial charge on any atom is -0.484 e. The number of carbonyl (C=O) groups is 2. The zero-order valence-electron chi connectivity index (χ0n) is 17.1. The highest BCUT2D eigenvalue weighted by Crippen LogP contribution is 2.17.